The van der Waals surface area contributed by atoms with Gasteiger partial charge in [0.2, 0.25) is 11.8 Å². The van der Waals surface area contributed by atoms with Crippen LogP contribution in [0.2, 0.25) is 0 Å². The Bertz CT molecular complexity index is 1530. The molecule has 43 heavy (non-hydrogen) atoms. The summed E-state index contributed by atoms with van der Waals surface area (Å²) in [5, 5.41) is 23.3. The van der Waals surface area contributed by atoms with Crippen LogP contribution >= 0.6 is 0 Å². The standard InChI is InChI=1S/C32H39N7O4/c1-18(2)13-26(39-32(42)27-15-21-23(36-27)5-4-6-29(21)43-3)31(41)38-25(14-20-10-12-35-30(20)40)28(16-33)37-24-8-7-19-9-11-34-17-22(19)24/h4-6,9,11,15,17-18,20,24-26,28,36-37H,7-8,10,12-14H2,1-3H3,(H,35,40)(H,38,41)(H,39,42)/t20-,24?,25-,26-,28?/m0/s1. The van der Waals surface area contributed by atoms with Crippen molar-refractivity contribution in [2.45, 2.75) is 70.1 Å². The Morgan fingerprint density at radius 2 is 2.05 bits per heavy atom. The van der Waals surface area contributed by atoms with Gasteiger partial charge in [0.15, 0.2) is 0 Å². The highest BCUT2D eigenvalue weighted by molar-refractivity contribution is 6.01. The van der Waals surface area contributed by atoms with E-state index in [0.717, 1.165) is 29.3 Å². The van der Waals surface area contributed by atoms with Crippen LogP contribution in [0.5, 0.6) is 5.75 Å². The molecule has 3 aromatic rings. The van der Waals surface area contributed by atoms with Gasteiger partial charge in [-0.1, -0.05) is 19.9 Å². The number of benzene rings is 1. The van der Waals surface area contributed by atoms with Gasteiger partial charge >= 0.3 is 0 Å². The van der Waals surface area contributed by atoms with Crippen LogP contribution in [0, 0.1) is 23.2 Å². The molecule has 5 atom stereocenters. The van der Waals surface area contributed by atoms with Crippen molar-refractivity contribution >= 4 is 28.6 Å². The van der Waals surface area contributed by atoms with E-state index in [-0.39, 0.29) is 23.8 Å². The second-order valence-corrected chi connectivity index (χ2v) is 11.8. The second kappa shape index (κ2) is 13.3. The van der Waals surface area contributed by atoms with Crippen LogP contribution in [-0.4, -0.2) is 59.5 Å². The van der Waals surface area contributed by atoms with Crippen LogP contribution in [0.4, 0.5) is 0 Å². The fourth-order valence-electron chi connectivity index (χ4n) is 6.17. The molecule has 2 unspecified atom stereocenters. The molecule has 11 nitrogen and oxygen atoms in total. The molecule has 3 heterocycles. The summed E-state index contributed by atoms with van der Waals surface area (Å²) in [7, 11) is 1.57. The van der Waals surface area contributed by atoms with E-state index in [0.29, 0.717) is 37.3 Å². The smallest absolute Gasteiger partial charge is 0.268 e. The summed E-state index contributed by atoms with van der Waals surface area (Å²) in [6.45, 7) is 4.52. The van der Waals surface area contributed by atoms with Crippen molar-refractivity contribution < 1.29 is 19.1 Å². The van der Waals surface area contributed by atoms with Crippen molar-refractivity contribution in [2.24, 2.45) is 11.8 Å². The Morgan fingerprint density at radius 3 is 2.77 bits per heavy atom. The number of ether oxygens (including phenoxy) is 1. The summed E-state index contributed by atoms with van der Waals surface area (Å²) in [6, 6.07) is 9.19. The third kappa shape index (κ3) is 6.81. The minimum absolute atomic E-state index is 0.0763. The fourth-order valence-corrected chi connectivity index (χ4v) is 6.17. The number of rotatable bonds is 12. The van der Waals surface area contributed by atoms with Crippen LogP contribution < -0.4 is 26.0 Å². The predicted octanol–water partition coefficient (Wildman–Crippen LogP) is 2.90. The van der Waals surface area contributed by atoms with Gasteiger partial charge in [0.05, 0.1) is 19.2 Å². The zero-order valence-electron chi connectivity index (χ0n) is 24.8. The number of fused-ring (bicyclic) bond motifs is 2. The van der Waals surface area contributed by atoms with Gasteiger partial charge in [-0.15, -0.1) is 0 Å². The first-order valence-electron chi connectivity index (χ1n) is 14.9. The molecule has 226 valence electrons. The summed E-state index contributed by atoms with van der Waals surface area (Å²) >= 11 is 0. The summed E-state index contributed by atoms with van der Waals surface area (Å²) in [4.78, 5) is 47.1. The topological polar surface area (TPSA) is 161 Å². The van der Waals surface area contributed by atoms with Crippen LogP contribution in [0.25, 0.3) is 10.9 Å². The molecule has 3 amide bonds. The molecule has 0 radical (unpaired) electrons. The number of carbonyl (C=O) groups is 3. The van der Waals surface area contributed by atoms with Crippen molar-refractivity contribution in [2.75, 3.05) is 13.7 Å². The van der Waals surface area contributed by atoms with E-state index in [4.69, 9.17) is 4.74 Å². The molecule has 1 saturated heterocycles. The number of H-pyrrole nitrogens is 1. The first-order valence-corrected chi connectivity index (χ1v) is 14.9. The molecule has 5 N–H and O–H groups in total. The first kappa shape index (κ1) is 30.0. The molecule has 1 aliphatic heterocycles. The van der Waals surface area contributed by atoms with Gasteiger partial charge in [-0.3, -0.25) is 24.7 Å². The number of nitrogens with one attached hydrogen (secondary N) is 5. The van der Waals surface area contributed by atoms with Gasteiger partial charge < -0.3 is 25.7 Å². The number of hydrogen-bond donors (Lipinski definition) is 5. The van der Waals surface area contributed by atoms with Crippen molar-refractivity contribution in [3.05, 3.63) is 59.5 Å². The highest BCUT2D eigenvalue weighted by Crippen LogP contribution is 2.31. The lowest BCUT2D eigenvalue weighted by Gasteiger charge is -2.30. The average Bonchev–Trinajstić information content (AvgIpc) is 3.73. The van der Waals surface area contributed by atoms with Crippen LogP contribution in [0.1, 0.15) is 67.2 Å². The van der Waals surface area contributed by atoms with E-state index in [1.165, 1.54) is 5.56 Å². The molecule has 11 heteroatoms. The van der Waals surface area contributed by atoms with Crippen molar-refractivity contribution in [3.63, 3.8) is 0 Å². The number of carbonyl (C=O) groups excluding carboxylic acids is 3. The Morgan fingerprint density at radius 1 is 1.21 bits per heavy atom. The Hall–Kier alpha value is -4.43. The second-order valence-electron chi connectivity index (χ2n) is 11.8. The maximum atomic E-state index is 13.8. The predicted molar refractivity (Wildman–Crippen MR) is 161 cm³/mol. The van der Waals surface area contributed by atoms with Crippen LogP contribution in [0.3, 0.4) is 0 Å². The maximum Gasteiger partial charge on any atom is 0.268 e. The zero-order valence-corrected chi connectivity index (χ0v) is 24.8. The van der Waals surface area contributed by atoms with Crippen molar-refractivity contribution in [3.8, 4) is 11.8 Å². The largest absolute Gasteiger partial charge is 0.496 e. The van der Waals surface area contributed by atoms with Crippen molar-refractivity contribution in [1.82, 2.24) is 31.2 Å². The molecule has 5 rings (SSSR count). The number of hydrogen-bond acceptors (Lipinski definition) is 7. The molecule has 0 bridgehead atoms. The molecule has 0 saturated carbocycles. The number of nitriles is 1. The molecular weight excluding hydrogens is 546 g/mol. The lowest BCUT2D eigenvalue weighted by atomic mass is 9.92. The first-order chi connectivity index (χ1) is 20.8. The Kier molecular flexibility index (Phi) is 9.26. The fraction of sp³-hybridized carbons (Fsp3) is 0.469. The highest BCUT2D eigenvalue weighted by Gasteiger charge is 2.36. The van der Waals surface area contributed by atoms with E-state index in [9.17, 15) is 19.6 Å². The van der Waals surface area contributed by atoms with Gasteiger partial charge in [-0.2, -0.15) is 5.26 Å². The van der Waals surface area contributed by atoms with Gasteiger partial charge in [0, 0.05) is 41.8 Å². The molecule has 1 aliphatic carbocycles. The average molecular weight is 586 g/mol. The molecule has 2 aromatic heterocycles. The minimum Gasteiger partial charge on any atom is -0.496 e. The lowest BCUT2D eigenvalue weighted by Crippen LogP contribution is -2.56. The minimum atomic E-state index is -0.850. The van der Waals surface area contributed by atoms with Gasteiger partial charge in [-0.05, 0) is 73.4 Å². The Labute approximate surface area is 251 Å². The summed E-state index contributed by atoms with van der Waals surface area (Å²) < 4.78 is 5.42. The number of nitrogens with zero attached hydrogens (tertiary/aromatic N) is 2. The Balaban J connectivity index is 1.35. The normalized spacial score (nSPS) is 19.7. The third-order valence-electron chi connectivity index (χ3n) is 8.39. The quantitative estimate of drug-likeness (QED) is 0.218. The monoisotopic (exact) mass is 585 g/mol. The van der Waals surface area contributed by atoms with E-state index in [2.05, 4.69) is 37.3 Å². The molecular formula is C32H39N7O4. The van der Waals surface area contributed by atoms with Gasteiger partial charge in [-0.25, -0.2) is 0 Å². The number of methoxy groups -OCH3 is 1. The SMILES string of the molecule is COc1cccc2[nH]c(C(=O)N[C@@H](CC(C)C)C(=O)N[C@@H](C[C@@H]3CCNC3=O)C(C#N)NC3CCc4ccncc43)cc12. The van der Waals surface area contributed by atoms with E-state index in [1.54, 1.807) is 19.4 Å². The zero-order chi connectivity index (χ0) is 30.5. The number of aromatic nitrogens is 2. The third-order valence-corrected chi connectivity index (χ3v) is 8.39. The molecule has 0 spiro atoms. The number of aromatic amines is 1. The van der Waals surface area contributed by atoms with Crippen LogP contribution in [-0.2, 0) is 16.0 Å². The summed E-state index contributed by atoms with van der Waals surface area (Å²) in [5.74, 6) is -0.470. The van der Waals surface area contributed by atoms with Crippen LogP contribution in [0.15, 0.2) is 42.7 Å². The summed E-state index contributed by atoms with van der Waals surface area (Å²) in [6.07, 6.45) is 6.60. The highest BCUT2D eigenvalue weighted by atomic mass is 16.5. The van der Waals surface area contributed by atoms with E-state index in [1.807, 2.05) is 44.3 Å². The molecule has 1 fully saturated rings. The maximum absolute atomic E-state index is 13.8. The number of aryl methyl sites for hydroxylation is 1. The van der Waals surface area contributed by atoms with E-state index >= 15 is 0 Å². The molecule has 1 aromatic carbocycles. The van der Waals surface area contributed by atoms with Gasteiger partial charge in [0.1, 0.15) is 23.5 Å². The lowest BCUT2D eigenvalue weighted by molar-refractivity contribution is -0.126. The van der Waals surface area contributed by atoms with Crippen molar-refractivity contribution in [1.29, 1.82) is 5.26 Å². The number of amides is 3. The van der Waals surface area contributed by atoms with Gasteiger partial charge in [0.25, 0.3) is 5.91 Å². The number of pyridine rings is 1. The van der Waals surface area contributed by atoms with E-state index < -0.39 is 29.9 Å². The summed E-state index contributed by atoms with van der Waals surface area (Å²) in [5.41, 5.74) is 3.29. The molecule has 2 aliphatic rings.